The number of fused-ring (bicyclic) bond motifs is 1. The van der Waals surface area contributed by atoms with Crippen LogP contribution in [0, 0.1) is 6.92 Å². The monoisotopic (exact) mass is 375 g/mol. The Bertz CT molecular complexity index is 1120. The Morgan fingerprint density at radius 2 is 1.89 bits per heavy atom. The third kappa shape index (κ3) is 3.68. The van der Waals surface area contributed by atoms with Crippen LogP contribution in [0.2, 0.25) is 0 Å². The van der Waals surface area contributed by atoms with Gasteiger partial charge in [-0.25, -0.2) is 15.0 Å². The Kier molecular flexibility index (Phi) is 4.60. The van der Waals surface area contributed by atoms with Crippen LogP contribution in [0.15, 0.2) is 71.0 Å². The van der Waals surface area contributed by atoms with E-state index in [2.05, 4.69) is 20.3 Å². The molecule has 0 bridgehead atoms. The highest BCUT2D eigenvalue weighted by Crippen LogP contribution is 2.26. The van der Waals surface area contributed by atoms with Crippen LogP contribution in [0.4, 0.5) is 5.69 Å². The highest BCUT2D eigenvalue weighted by atomic mass is 32.2. The van der Waals surface area contributed by atoms with Crippen molar-refractivity contribution in [3.8, 4) is 0 Å². The fourth-order valence-corrected chi connectivity index (χ4v) is 3.50. The minimum Gasteiger partial charge on any atom is -0.331 e. The fourth-order valence-electron chi connectivity index (χ4n) is 2.72. The molecular weight excluding hydrogens is 358 g/mol. The largest absolute Gasteiger partial charge is 0.331 e. The van der Waals surface area contributed by atoms with Gasteiger partial charge < -0.3 is 9.88 Å². The first-order chi connectivity index (χ1) is 13.1. The smallest absolute Gasteiger partial charge is 0.255 e. The van der Waals surface area contributed by atoms with Crippen LogP contribution in [0.1, 0.15) is 16.2 Å². The summed E-state index contributed by atoms with van der Waals surface area (Å²) in [6.07, 6.45) is 3.41. The Balaban J connectivity index is 1.53. The van der Waals surface area contributed by atoms with Gasteiger partial charge in [-0.3, -0.25) is 4.79 Å². The summed E-state index contributed by atoms with van der Waals surface area (Å²) in [6.45, 7) is 1.94. The van der Waals surface area contributed by atoms with E-state index in [0.717, 1.165) is 26.9 Å². The number of hydrogen-bond acceptors (Lipinski definition) is 5. The quantitative estimate of drug-likeness (QED) is 0.582. The molecule has 27 heavy (non-hydrogen) atoms. The van der Waals surface area contributed by atoms with Gasteiger partial charge in [0.25, 0.3) is 5.91 Å². The molecule has 0 radical (unpaired) electrons. The molecule has 7 heteroatoms. The molecule has 6 nitrogen and oxygen atoms in total. The van der Waals surface area contributed by atoms with Crippen molar-refractivity contribution in [2.45, 2.75) is 17.0 Å². The van der Waals surface area contributed by atoms with Gasteiger partial charge in [-0.05, 0) is 49.4 Å². The molecular formula is C20H17N5OS. The molecule has 4 rings (SSSR count). The minimum absolute atomic E-state index is 0.180. The maximum atomic E-state index is 12.6. The van der Waals surface area contributed by atoms with Gasteiger partial charge in [0.05, 0.1) is 11.0 Å². The maximum Gasteiger partial charge on any atom is 0.255 e. The van der Waals surface area contributed by atoms with Crippen LogP contribution in [-0.2, 0) is 7.05 Å². The second-order valence-corrected chi connectivity index (χ2v) is 7.07. The molecule has 0 unspecified atom stereocenters. The van der Waals surface area contributed by atoms with E-state index in [1.807, 2.05) is 61.0 Å². The van der Waals surface area contributed by atoms with Gasteiger partial charge in [0.15, 0.2) is 0 Å². The number of pyridine rings is 2. The van der Waals surface area contributed by atoms with E-state index in [0.29, 0.717) is 11.3 Å². The lowest BCUT2D eigenvalue weighted by Crippen LogP contribution is -2.12. The molecule has 1 N–H and O–H groups in total. The summed E-state index contributed by atoms with van der Waals surface area (Å²) in [4.78, 5) is 25.7. The van der Waals surface area contributed by atoms with Gasteiger partial charge >= 0.3 is 0 Å². The van der Waals surface area contributed by atoms with Crippen molar-refractivity contribution in [1.29, 1.82) is 0 Å². The summed E-state index contributed by atoms with van der Waals surface area (Å²) in [7, 11) is 1.96. The number of hydrogen-bond donors (Lipinski definition) is 1. The molecule has 0 saturated carbocycles. The van der Waals surface area contributed by atoms with Crippen molar-refractivity contribution in [1.82, 2.24) is 19.5 Å². The van der Waals surface area contributed by atoms with Crippen LogP contribution in [-0.4, -0.2) is 25.4 Å². The van der Waals surface area contributed by atoms with Crippen molar-refractivity contribution in [2.24, 2.45) is 7.05 Å². The summed E-state index contributed by atoms with van der Waals surface area (Å²) in [6, 6.07) is 14.8. The molecule has 0 aliphatic carbocycles. The molecule has 134 valence electrons. The number of nitrogens with zero attached hydrogens (tertiary/aromatic N) is 4. The van der Waals surface area contributed by atoms with Gasteiger partial charge in [0.2, 0.25) is 0 Å². The van der Waals surface area contributed by atoms with Gasteiger partial charge in [-0.15, -0.1) is 0 Å². The maximum absolute atomic E-state index is 12.6. The number of rotatable bonds is 4. The standard InChI is InChI=1S/C20H17N5OS/c1-13-23-16-11-14(6-7-17(16)25(13)2)20(26)24-15-8-10-22-19(12-15)27-18-5-3-4-9-21-18/h3-12H,1-2H3,(H,22,24,26). The van der Waals surface area contributed by atoms with E-state index in [4.69, 9.17) is 0 Å². The third-order valence-corrected chi connectivity index (χ3v) is 5.09. The van der Waals surface area contributed by atoms with Crippen LogP contribution in [0.25, 0.3) is 11.0 Å². The number of aryl methyl sites for hydroxylation is 2. The zero-order chi connectivity index (χ0) is 18.8. The summed E-state index contributed by atoms with van der Waals surface area (Å²) in [5.74, 6) is 0.730. The lowest BCUT2D eigenvalue weighted by atomic mass is 10.2. The molecule has 0 aliphatic heterocycles. The molecule has 0 atom stereocenters. The highest BCUT2D eigenvalue weighted by Gasteiger charge is 2.11. The summed E-state index contributed by atoms with van der Waals surface area (Å²) >= 11 is 1.44. The van der Waals surface area contributed by atoms with Crippen molar-refractivity contribution in [3.05, 3.63) is 72.3 Å². The van der Waals surface area contributed by atoms with Crippen molar-refractivity contribution < 1.29 is 4.79 Å². The normalized spacial score (nSPS) is 10.9. The predicted molar refractivity (Wildman–Crippen MR) is 106 cm³/mol. The molecule has 1 aromatic carbocycles. The molecule has 4 aromatic rings. The Hall–Kier alpha value is -3.19. The second kappa shape index (κ2) is 7.20. The Morgan fingerprint density at radius 1 is 1.04 bits per heavy atom. The van der Waals surface area contributed by atoms with Gasteiger partial charge in [0.1, 0.15) is 15.9 Å². The van der Waals surface area contributed by atoms with Gasteiger partial charge in [-0.1, -0.05) is 17.8 Å². The first-order valence-corrected chi connectivity index (χ1v) is 9.21. The summed E-state index contributed by atoms with van der Waals surface area (Å²) in [5, 5.41) is 4.54. The number of anilines is 1. The Morgan fingerprint density at radius 3 is 2.70 bits per heavy atom. The zero-order valence-electron chi connectivity index (χ0n) is 14.9. The van der Waals surface area contributed by atoms with Crippen LogP contribution >= 0.6 is 11.8 Å². The average molecular weight is 375 g/mol. The van der Waals surface area contributed by atoms with Crippen LogP contribution in [0.3, 0.4) is 0 Å². The number of nitrogens with one attached hydrogen (secondary N) is 1. The zero-order valence-corrected chi connectivity index (χ0v) is 15.7. The molecule has 1 amide bonds. The Labute approximate surface area is 160 Å². The summed E-state index contributed by atoms with van der Waals surface area (Å²) in [5.41, 5.74) is 3.06. The van der Waals surface area contributed by atoms with E-state index >= 15 is 0 Å². The van der Waals surface area contributed by atoms with E-state index in [1.165, 1.54) is 11.8 Å². The molecule has 0 spiro atoms. The lowest BCUT2D eigenvalue weighted by molar-refractivity contribution is 0.102. The van der Waals surface area contributed by atoms with Gasteiger partial charge in [0, 0.05) is 30.7 Å². The first kappa shape index (κ1) is 17.2. The topological polar surface area (TPSA) is 72.7 Å². The number of imidazole rings is 1. The molecule has 0 saturated heterocycles. The molecule has 0 fully saturated rings. The van der Waals surface area contributed by atoms with Crippen molar-refractivity contribution >= 4 is 34.4 Å². The number of carbonyl (C=O) groups excluding carboxylic acids is 1. The highest BCUT2D eigenvalue weighted by molar-refractivity contribution is 7.99. The number of carbonyl (C=O) groups is 1. The SMILES string of the molecule is Cc1nc2cc(C(=O)Nc3ccnc(Sc4ccccn4)c3)ccc2n1C. The fraction of sp³-hybridized carbons (Fsp3) is 0.100. The van der Waals surface area contributed by atoms with Crippen molar-refractivity contribution in [3.63, 3.8) is 0 Å². The van der Waals surface area contributed by atoms with Gasteiger partial charge in [-0.2, -0.15) is 0 Å². The molecule has 3 heterocycles. The van der Waals surface area contributed by atoms with E-state index in [9.17, 15) is 4.79 Å². The third-order valence-electron chi connectivity index (χ3n) is 4.21. The molecule has 3 aromatic heterocycles. The van der Waals surface area contributed by atoms with E-state index < -0.39 is 0 Å². The number of aromatic nitrogens is 4. The average Bonchev–Trinajstić information content (AvgIpc) is 2.96. The van der Waals surface area contributed by atoms with E-state index in [-0.39, 0.29) is 5.91 Å². The van der Waals surface area contributed by atoms with Crippen LogP contribution < -0.4 is 5.32 Å². The second-order valence-electron chi connectivity index (χ2n) is 6.03. The lowest BCUT2D eigenvalue weighted by Gasteiger charge is -2.07. The first-order valence-electron chi connectivity index (χ1n) is 8.39. The predicted octanol–water partition coefficient (Wildman–Crippen LogP) is 4.08. The van der Waals surface area contributed by atoms with Crippen molar-refractivity contribution in [2.75, 3.05) is 5.32 Å². The van der Waals surface area contributed by atoms with Crippen LogP contribution in [0.5, 0.6) is 0 Å². The van der Waals surface area contributed by atoms with E-state index in [1.54, 1.807) is 18.5 Å². The number of amides is 1. The molecule has 0 aliphatic rings. The minimum atomic E-state index is -0.180. The summed E-state index contributed by atoms with van der Waals surface area (Å²) < 4.78 is 2.00. The number of benzene rings is 1.